The number of thiophene rings is 2. The van der Waals surface area contributed by atoms with E-state index in [0.29, 0.717) is 35.0 Å². The number of sulfonamides is 1. The molecule has 160 valence electrons. The van der Waals surface area contributed by atoms with Crippen molar-refractivity contribution in [3.8, 4) is 0 Å². The van der Waals surface area contributed by atoms with Crippen molar-refractivity contribution < 1.29 is 13.2 Å². The molecule has 1 fully saturated rings. The van der Waals surface area contributed by atoms with Crippen LogP contribution in [0.15, 0.2) is 21.7 Å². The zero-order valence-electron chi connectivity index (χ0n) is 17.1. The number of nitrogens with one attached hydrogen (secondary N) is 1. The van der Waals surface area contributed by atoms with Crippen LogP contribution in [0, 0.1) is 13.8 Å². The number of piperidine rings is 1. The lowest BCUT2D eigenvalue weighted by Gasteiger charge is -2.32. The molecule has 1 aliphatic rings. The molecule has 3 aromatic rings. The molecular weight excluding hydrogens is 440 g/mol. The number of hydrogen-bond acceptors (Lipinski definition) is 7. The fraction of sp³-hybridized carbons (Fsp3) is 0.450. The summed E-state index contributed by atoms with van der Waals surface area (Å²) in [5.41, 5.74) is 1.84. The lowest BCUT2D eigenvalue weighted by atomic mass is 10.1. The van der Waals surface area contributed by atoms with Gasteiger partial charge in [-0.2, -0.15) is 0 Å². The molecule has 1 aliphatic heterocycles. The summed E-state index contributed by atoms with van der Waals surface area (Å²) in [7, 11) is -3.49. The average molecular weight is 465 g/mol. The van der Waals surface area contributed by atoms with Crippen molar-refractivity contribution in [3.05, 3.63) is 39.5 Å². The van der Waals surface area contributed by atoms with Crippen LogP contribution < -0.4 is 4.72 Å². The van der Waals surface area contributed by atoms with E-state index < -0.39 is 10.0 Å². The maximum atomic E-state index is 13.2. The van der Waals surface area contributed by atoms with Crippen LogP contribution in [0.1, 0.15) is 46.5 Å². The molecule has 0 radical (unpaired) electrons. The molecule has 0 unspecified atom stereocenters. The highest BCUT2D eigenvalue weighted by Crippen LogP contribution is 2.33. The fourth-order valence-electron chi connectivity index (χ4n) is 3.79. The largest absolute Gasteiger partial charge is 0.338 e. The van der Waals surface area contributed by atoms with Crippen molar-refractivity contribution in [1.82, 2.24) is 19.6 Å². The first kappa shape index (κ1) is 21.4. The van der Waals surface area contributed by atoms with Gasteiger partial charge in [0.05, 0.1) is 4.88 Å². The first-order valence-electron chi connectivity index (χ1n) is 9.92. The van der Waals surface area contributed by atoms with Crippen LogP contribution in [0.4, 0.5) is 0 Å². The molecule has 0 aliphatic carbocycles. The van der Waals surface area contributed by atoms with E-state index in [1.54, 1.807) is 17.5 Å². The predicted molar refractivity (Wildman–Crippen MR) is 120 cm³/mol. The second kappa shape index (κ2) is 8.33. The monoisotopic (exact) mass is 464 g/mol. The molecular formula is C20H24N4O3S3. The van der Waals surface area contributed by atoms with Gasteiger partial charge in [-0.1, -0.05) is 13.0 Å². The number of rotatable bonds is 5. The third kappa shape index (κ3) is 4.01. The molecule has 1 saturated heterocycles. The Kier molecular flexibility index (Phi) is 5.93. The third-order valence-electron chi connectivity index (χ3n) is 5.39. The molecule has 1 amide bonds. The summed E-state index contributed by atoms with van der Waals surface area (Å²) >= 11 is 2.63. The lowest BCUT2D eigenvalue weighted by Crippen LogP contribution is -2.46. The number of amides is 1. The van der Waals surface area contributed by atoms with E-state index in [1.165, 1.54) is 22.7 Å². The number of likely N-dealkylation sites (tertiary alicyclic amines) is 1. The van der Waals surface area contributed by atoms with Gasteiger partial charge in [0.2, 0.25) is 10.0 Å². The molecule has 1 N–H and O–H groups in total. The van der Waals surface area contributed by atoms with Crippen LogP contribution in [0.25, 0.3) is 10.2 Å². The number of aryl methyl sites for hydroxylation is 3. The van der Waals surface area contributed by atoms with Gasteiger partial charge in [-0.05, 0) is 43.7 Å². The van der Waals surface area contributed by atoms with Gasteiger partial charge in [0, 0.05) is 36.6 Å². The van der Waals surface area contributed by atoms with E-state index in [4.69, 9.17) is 0 Å². The molecule has 30 heavy (non-hydrogen) atoms. The van der Waals surface area contributed by atoms with Crippen LogP contribution in [0.2, 0.25) is 0 Å². The maximum Gasteiger partial charge on any atom is 0.264 e. The van der Waals surface area contributed by atoms with E-state index in [0.717, 1.165) is 33.7 Å². The average Bonchev–Trinajstić information content (AvgIpc) is 3.37. The highest BCUT2D eigenvalue weighted by molar-refractivity contribution is 7.91. The molecule has 3 aromatic heterocycles. The fourth-order valence-corrected chi connectivity index (χ4v) is 7.33. The zero-order chi connectivity index (χ0) is 21.5. The Morgan fingerprint density at radius 2 is 2.00 bits per heavy atom. The van der Waals surface area contributed by atoms with Gasteiger partial charge >= 0.3 is 0 Å². The number of carbonyl (C=O) groups is 1. The van der Waals surface area contributed by atoms with Gasteiger partial charge in [-0.25, -0.2) is 23.1 Å². The molecule has 4 rings (SSSR count). The molecule has 0 spiro atoms. The van der Waals surface area contributed by atoms with Crippen molar-refractivity contribution >= 4 is 48.8 Å². The minimum absolute atomic E-state index is 0.00693. The van der Waals surface area contributed by atoms with Gasteiger partial charge in [0.25, 0.3) is 5.91 Å². The van der Waals surface area contributed by atoms with Crippen LogP contribution >= 0.6 is 22.7 Å². The topological polar surface area (TPSA) is 92.3 Å². The smallest absolute Gasteiger partial charge is 0.264 e. The first-order valence-corrected chi connectivity index (χ1v) is 13.1. The number of carbonyl (C=O) groups excluding carboxylic acids is 1. The highest BCUT2D eigenvalue weighted by Gasteiger charge is 2.29. The second-order valence-corrected chi connectivity index (χ2v) is 11.3. The van der Waals surface area contributed by atoms with Crippen molar-refractivity contribution in [1.29, 1.82) is 0 Å². The standard InChI is InChI=1S/C20H24N4O3S3/c1-4-15-21-13(3)17-12(2)18(29-19(17)22-15)20(25)24-9-7-14(8-10-24)23-30(26,27)16-6-5-11-28-16/h5-6,11,14,23H,4,7-10H2,1-3H3. The van der Waals surface area contributed by atoms with E-state index in [-0.39, 0.29) is 11.9 Å². The van der Waals surface area contributed by atoms with E-state index in [9.17, 15) is 13.2 Å². The van der Waals surface area contributed by atoms with Gasteiger partial charge < -0.3 is 4.90 Å². The third-order valence-corrected chi connectivity index (χ3v) is 9.48. The summed E-state index contributed by atoms with van der Waals surface area (Å²) in [5.74, 6) is 0.784. The second-order valence-electron chi connectivity index (χ2n) is 7.43. The predicted octanol–water partition coefficient (Wildman–Crippen LogP) is 3.52. The summed E-state index contributed by atoms with van der Waals surface area (Å²) in [5, 5.41) is 2.72. The van der Waals surface area contributed by atoms with Gasteiger partial charge in [-0.3, -0.25) is 4.79 Å². The summed E-state index contributed by atoms with van der Waals surface area (Å²) < 4.78 is 28.0. The van der Waals surface area contributed by atoms with Crippen molar-refractivity contribution in [2.45, 2.75) is 50.3 Å². The van der Waals surface area contributed by atoms with Gasteiger partial charge in [-0.15, -0.1) is 22.7 Å². The minimum atomic E-state index is -3.49. The Hall–Kier alpha value is -1.88. The number of fused-ring (bicyclic) bond motifs is 1. The number of nitrogens with zero attached hydrogens (tertiary/aromatic N) is 3. The molecule has 7 nitrogen and oxygen atoms in total. The quantitative estimate of drug-likeness (QED) is 0.624. The maximum absolute atomic E-state index is 13.2. The van der Waals surface area contributed by atoms with Gasteiger partial charge in [0.1, 0.15) is 14.9 Å². The molecule has 0 atom stereocenters. The summed E-state index contributed by atoms with van der Waals surface area (Å²) in [6.45, 7) is 6.98. The molecule has 10 heteroatoms. The van der Waals surface area contributed by atoms with Crippen molar-refractivity contribution in [3.63, 3.8) is 0 Å². The molecule has 0 saturated carbocycles. The van der Waals surface area contributed by atoms with Crippen molar-refractivity contribution in [2.75, 3.05) is 13.1 Å². The molecule has 0 bridgehead atoms. The summed E-state index contributed by atoms with van der Waals surface area (Å²) in [6, 6.07) is 3.17. The summed E-state index contributed by atoms with van der Waals surface area (Å²) in [6.07, 6.45) is 1.95. The number of hydrogen-bond donors (Lipinski definition) is 1. The van der Waals surface area contributed by atoms with Crippen molar-refractivity contribution in [2.24, 2.45) is 0 Å². The summed E-state index contributed by atoms with van der Waals surface area (Å²) in [4.78, 5) is 25.7. The van der Waals surface area contributed by atoms with E-state index >= 15 is 0 Å². The number of aromatic nitrogens is 2. The Bertz CT molecular complexity index is 1180. The van der Waals surface area contributed by atoms with E-state index in [1.807, 2.05) is 25.7 Å². The highest BCUT2D eigenvalue weighted by atomic mass is 32.2. The van der Waals surface area contributed by atoms with Gasteiger partial charge in [0.15, 0.2) is 0 Å². The molecule has 4 heterocycles. The normalized spacial score (nSPS) is 15.8. The van der Waals surface area contributed by atoms with Crippen LogP contribution in [-0.4, -0.2) is 48.3 Å². The SMILES string of the molecule is CCc1nc(C)c2c(C)c(C(=O)N3CCC(NS(=O)(=O)c4cccs4)CC3)sc2n1. The minimum Gasteiger partial charge on any atom is -0.338 e. The lowest BCUT2D eigenvalue weighted by molar-refractivity contribution is 0.0715. The Morgan fingerprint density at radius 3 is 2.63 bits per heavy atom. The Labute approximate surface area is 184 Å². The zero-order valence-corrected chi connectivity index (χ0v) is 19.6. The van der Waals surface area contributed by atoms with Crippen LogP contribution in [-0.2, 0) is 16.4 Å². The molecule has 0 aromatic carbocycles. The van der Waals surface area contributed by atoms with Crippen LogP contribution in [0.3, 0.4) is 0 Å². The Morgan fingerprint density at radius 1 is 1.27 bits per heavy atom. The van der Waals surface area contributed by atoms with E-state index in [2.05, 4.69) is 14.7 Å². The Balaban J connectivity index is 1.47. The van der Waals surface area contributed by atoms with Crippen LogP contribution in [0.5, 0.6) is 0 Å². The first-order chi connectivity index (χ1) is 14.3.